The Morgan fingerprint density at radius 2 is 2.00 bits per heavy atom. The highest BCUT2D eigenvalue weighted by Crippen LogP contribution is 2.17. The van der Waals surface area contributed by atoms with Crippen molar-refractivity contribution < 1.29 is 14.3 Å². The molecule has 0 aliphatic carbocycles. The molecule has 1 heterocycles. The predicted molar refractivity (Wildman–Crippen MR) is 65.4 cm³/mol. The van der Waals surface area contributed by atoms with Gasteiger partial charge in [0.15, 0.2) is 0 Å². The molecule has 0 unspecified atom stereocenters. The fraction of sp³-hybridized carbons (Fsp3) is 0.0769. The van der Waals surface area contributed by atoms with E-state index in [1.807, 2.05) is 0 Å². The zero-order chi connectivity index (χ0) is 13.1. The highest BCUT2D eigenvalue weighted by atomic mass is 35.5. The van der Waals surface area contributed by atoms with Gasteiger partial charge in [-0.3, -0.25) is 4.98 Å². The van der Waals surface area contributed by atoms with Gasteiger partial charge in [0.1, 0.15) is 5.82 Å². The molecule has 1 aromatic carbocycles. The Morgan fingerprint density at radius 3 is 2.61 bits per heavy atom. The molecule has 0 radical (unpaired) electrons. The molecule has 2 aromatic rings. The third-order valence-corrected chi connectivity index (χ3v) is 2.66. The third kappa shape index (κ3) is 2.84. The van der Waals surface area contributed by atoms with Crippen LogP contribution in [0.3, 0.4) is 0 Å². The van der Waals surface area contributed by atoms with Gasteiger partial charge >= 0.3 is 5.97 Å². The van der Waals surface area contributed by atoms with E-state index in [2.05, 4.69) is 4.98 Å². The molecule has 0 amide bonds. The number of carbonyl (C=O) groups is 1. The fourth-order valence-corrected chi connectivity index (χ4v) is 1.75. The second kappa shape index (κ2) is 5.14. The van der Waals surface area contributed by atoms with E-state index in [4.69, 9.17) is 16.7 Å². The summed E-state index contributed by atoms with van der Waals surface area (Å²) in [6.45, 7) is 0. The maximum absolute atomic E-state index is 12.8. The van der Waals surface area contributed by atoms with Crippen molar-refractivity contribution in [1.82, 2.24) is 4.98 Å². The van der Waals surface area contributed by atoms with Crippen molar-refractivity contribution in [3.05, 3.63) is 64.2 Å². The van der Waals surface area contributed by atoms with Crippen LogP contribution >= 0.6 is 11.6 Å². The number of carboxylic acids is 1. The normalized spacial score (nSPS) is 10.3. The number of carboxylic acid groups (broad SMARTS) is 1. The van der Waals surface area contributed by atoms with Gasteiger partial charge in [-0.1, -0.05) is 23.7 Å². The fourth-order valence-electron chi connectivity index (χ4n) is 1.59. The van der Waals surface area contributed by atoms with Gasteiger partial charge in [-0.25, -0.2) is 9.18 Å². The molecule has 92 valence electrons. The number of aromatic nitrogens is 1. The maximum atomic E-state index is 12.8. The average molecular weight is 266 g/mol. The Kier molecular flexibility index (Phi) is 3.58. The quantitative estimate of drug-likeness (QED) is 0.927. The molecule has 3 nitrogen and oxygen atoms in total. The highest BCUT2D eigenvalue weighted by molar-refractivity contribution is 6.30. The molecule has 0 aliphatic heterocycles. The lowest BCUT2D eigenvalue weighted by Crippen LogP contribution is -2.05. The van der Waals surface area contributed by atoms with E-state index < -0.39 is 5.97 Å². The number of hydrogen-bond donors (Lipinski definition) is 1. The van der Waals surface area contributed by atoms with Crippen molar-refractivity contribution in [3.63, 3.8) is 0 Å². The zero-order valence-corrected chi connectivity index (χ0v) is 9.99. The summed E-state index contributed by atoms with van der Waals surface area (Å²) in [4.78, 5) is 15.1. The van der Waals surface area contributed by atoms with Crippen LogP contribution in [0.5, 0.6) is 0 Å². The van der Waals surface area contributed by atoms with Crippen LogP contribution in [0.2, 0.25) is 5.02 Å². The first kappa shape index (κ1) is 12.5. The van der Waals surface area contributed by atoms with Crippen LogP contribution in [0.4, 0.5) is 4.39 Å². The van der Waals surface area contributed by atoms with Crippen LogP contribution in [-0.2, 0) is 6.42 Å². The highest BCUT2D eigenvalue weighted by Gasteiger charge is 2.12. The van der Waals surface area contributed by atoms with Crippen molar-refractivity contribution in [3.8, 4) is 0 Å². The molecule has 0 spiro atoms. The van der Waals surface area contributed by atoms with E-state index in [0.717, 1.165) is 5.56 Å². The van der Waals surface area contributed by atoms with Crippen LogP contribution < -0.4 is 0 Å². The Morgan fingerprint density at radius 1 is 1.33 bits per heavy atom. The number of benzene rings is 1. The van der Waals surface area contributed by atoms with E-state index in [0.29, 0.717) is 12.1 Å². The van der Waals surface area contributed by atoms with Gasteiger partial charge in [-0.2, -0.15) is 0 Å². The molecule has 1 N–H and O–H groups in total. The second-order valence-electron chi connectivity index (χ2n) is 3.76. The molecule has 0 saturated carbocycles. The molecule has 1 aromatic heterocycles. The molecule has 0 aliphatic rings. The van der Waals surface area contributed by atoms with E-state index in [9.17, 15) is 9.18 Å². The summed E-state index contributed by atoms with van der Waals surface area (Å²) in [5.41, 5.74) is 1.25. The Balaban J connectivity index is 2.34. The first-order valence-electron chi connectivity index (χ1n) is 5.18. The third-order valence-electron chi connectivity index (χ3n) is 2.45. The standard InChI is InChI=1S/C13H9ClFNO2/c14-9-6-11(13(17)18)12(16-7-9)5-8-1-3-10(15)4-2-8/h1-4,6-7H,5H2,(H,17,18). The molecule has 0 saturated heterocycles. The number of halogens is 2. The lowest BCUT2D eigenvalue weighted by Gasteiger charge is -2.05. The van der Waals surface area contributed by atoms with Crippen LogP contribution in [-0.4, -0.2) is 16.1 Å². The Hall–Kier alpha value is -1.94. The van der Waals surface area contributed by atoms with Crippen molar-refractivity contribution >= 4 is 17.6 Å². The van der Waals surface area contributed by atoms with Crippen molar-refractivity contribution in [2.75, 3.05) is 0 Å². The largest absolute Gasteiger partial charge is 0.478 e. The van der Waals surface area contributed by atoms with Crippen molar-refractivity contribution in [2.45, 2.75) is 6.42 Å². The smallest absolute Gasteiger partial charge is 0.337 e. The van der Waals surface area contributed by atoms with Gasteiger partial charge in [0.25, 0.3) is 0 Å². The van der Waals surface area contributed by atoms with Crippen LogP contribution in [0.1, 0.15) is 21.6 Å². The Labute approximate surface area is 108 Å². The molecule has 0 atom stereocenters. The molecular weight excluding hydrogens is 257 g/mol. The maximum Gasteiger partial charge on any atom is 0.337 e. The van der Waals surface area contributed by atoms with Crippen molar-refractivity contribution in [1.29, 1.82) is 0 Å². The lowest BCUT2D eigenvalue weighted by molar-refractivity contribution is 0.0695. The minimum absolute atomic E-state index is 0.0619. The predicted octanol–water partition coefficient (Wildman–Crippen LogP) is 3.16. The van der Waals surface area contributed by atoms with Gasteiger partial charge in [0.05, 0.1) is 16.3 Å². The number of nitrogens with zero attached hydrogens (tertiary/aromatic N) is 1. The minimum Gasteiger partial charge on any atom is -0.478 e. The number of rotatable bonds is 3. The first-order valence-corrected chi connectivity index (χ1v) is 5.56. The summed E-state index contributed by atoms with van der Waals surface area (Å²) in [5, 5.41) is 9.33. The topological polar surface area (TPSA) is 50.2 Å². The van der Waals surface area contributed by atoms with Gasteiger partial charge in [0.2, 0.25) is 0 Å². The summed E-state index contributed by atoms with van der Waals surface area (Å²) in [6, 6.07) is 7.20. The molecule has 5 heteroatoms. The summed E-state index contributed by atoms with van der Waals surface area (Å²) in [6.07, 6.45) is 1.71. The molecule has 0 bridgehead atoms. The molecule has 18 heavy (non-hydrogen) atoms. The van der Waals surface area contributed by atoms with Crippen LogP contribution in [0, 0.1) is 5.82 Å². The summed E-state index contributed by atoms with van der Waals surface area (Å²) in [5.74, 6) is -1.41. The van der Waals surface area contributed by atoms with Crippen molar-refractivity contribution in [2.24, 2.45) is 0 Å². The van der Waals surface area contributed by atoms with Crippen LogP contribution in [0.15, 0.2) is 36.5 Å². The van der Waals surface area contributed by atoms with Gasteiger partial charge in [-0.05, 0) is 23.8 Å². The Bertz CT molecular complexity index is 584. The number of aromatic carboxylic acids is 1. The average Bonchev–Trinajstić information content (AvgIpc) is 2.34. The van der Waals surface area contributed by atoms with Crippen LogP contribution in [0.25, 0.3) is 0 Å². The second-order valence-corrected chi connectivity index (χ2v) is 4.19. The van der Waals surface area contributed by atoms with E-state index in [1.165, 1.54) is 24.4 Å². The van der Waals surface area contributed by atoms with E-state index in [1.54, 1.807) is 12.1 Å². The zero-order valence-electron chi connectivity index (χ0n) is 9.23. The summed E-state index contributed by atoms with van der Waals surface area (Å²) < 4.78 is 12.8. The lowest BCUT2D eigenvalue weighted by atomic mass is 10.1. The summed E-state index contributed by atoms with van der Waals surface area (Å²) >= 11 is 5.71. The summed E-state index contributed by atoms with van der Waals surface area (Å²) in [7, 11) is 0. The van der Waals surface area contributed by atoms with Gasteiger partial charge < -0.3 is 5.11 Å². The molecule has 0 fully saturated rings. The molecule has 2 rings (SSSR count). The number of pyridine rings is 1. The van der Waals surface area contributed by atoms with Gasteiger partial charge in [-0.15, -0.1) is 0 Å². The number of hydrogen-bond acceptors (Lipinski definition) is 2. The first-order chi connectivity index (χ1) is 8.56. The van der Waals surface area contributed by atoms with E-state index >= 15 is 0 Å². The van der Waals surface area contributed by atoms with E-state index in [-0.39, 0.29) is 16.4 Å². The van der Waals surface area contributed by atoms with Gasteiger partial charge in [0, 0.05) is 12.6 Å². The SMILES string of the molecule is O=C(O)c1cc(Cl)cnc1Cc1ccc(F)cc1. The molecular formula is C13H9ClFNO2. The minimum atomic E-state index is -1.08. The monoisotopic (exact) mass is 265 g/mol.